The molecule has 0 radical (unpaired) electrons. The van der Waals surface area contributed by atoms with E-state index < -0.39 is 0 Å². The van der Waals surface area contributed by atoms with Gasteiger partial charge in [-0.2, -0.15) is 0 Å². The fourth-order valence-electron chi connectivity index (χ4n) is 0.563. The zero-order valence-corrected chi connectivity index (χ0v) is 6.37. The lowest BCUT2D eigenvalue weighted by atomic mass is 10.4. The summed E-state index contributed by atoms with van der Waals surface area (Å²) in [6.07, 6.45) is 0. The summed E-state index contributed by atoms with van der Waals surface area (Å²) in [6, 6.07) is 1.66. The molecule has 1 aromatic rings. The second kappa shape index (κ2) is 2.70. The maximum Gasteiger partial charge on any atom is 0.285 e. The summed E-state index contributed by atoms with van der Waals surface area (Å²) >= 11 is 1.43. The maximum absolute atomic E-state index is 6.83. The fraction of sp³-hybridized carbons (Fsp3) is 0.167. The molecular formula is C6H8N2OS. The third-order valence-electron chi connectivity index (χ3n) is 1.02. The van der Waals surface area contributed by atoms with E-state index in [1.54, 1.807) is 0 Å². The highest BCUT2D eigenvalue weighted by Crippen LogP contribution is 2.24. The lowest BCUT2D eigenvalue weighted by Crippen LogP contribution is -2.17. The first kappa shape index (κ1) is 7.08. The van der Waals surface area contributed by atoms with E-state index in [9.17, 15) is 0 Å². The number of thiophene rings is 1. The minimum Gasteiger partial charge on any atom is -0.415 e. The molecule has 3 N–H and O–H groups in total. The van der Waals surface area contributed by atoms with Gasteiger partial charge in [0.25, 0.3) is 6.02 Å². The molecule has 10 heavy (non-hydrogen) atoms. The van der Waals surface area contributed by atoms with Gasteiger partial charge in [-0.25, -0.2) is 0 Å². The summed E-state index contributed by atoms with van der Waals surface area (Å²) in [5.41, 5.74) is 6.03. The number of aryl methyl sites for hydroxylation is 1. The van der Waals surface area contributed by atoms with Crippen molar-refractivity contribution in [3.05, 3.63) is 17.0 Å². The second-order valence-corrected chi connectivity index (χ2v) is 2.74. The van der Waals surface area contributed by atoms with Crippen molar-refractivity contribution in [3.8, 4) is 5.06 Å². The SMILES string of the molecule is Cc1ccsc1OC(=N)N. The highest BCUT2D eigenvalue weighted by molar-refractivity contribution is 7.12. The maximum atomic E-state index is 6.83. The van der Waals surface area contributed by atoms with Crippen LogP contribution in [0, 0.1) is 12.3 Å². The second-order valence-electron chi connectivity index (χ2n) is 1.86. The number of amidine groups is 1. The van der Waals surface area contributed by atoms with E-state index in [-0.39, 0.29) is 6.02 Å². The molecule has 0 aliphatic rings. The monoisotopic (exact) mass is 156 g/mol. The molecule has 0 unspecified atom stereocenters. The van der Waals surface area contributed by atoms with Crippen LogP contribution in [-0.2, 0) is 0 Å². The van der Waals surface area contributed by atoms with Crippen LogP contribution in [0.2, 0.25) is 0 Å². The van der Waals surface area contributed by atoms with E-state index in [0.717, 1.165) is 5.56 Å². The highest BCUT2D eigenvalue weighted by Gasteiger charge is 2.00. The van der Waals surface area contributed by atoms with Gasteiger partial charge in [0, 0.05) is 5.56 Å². The molecule has 0 fully saturated rings. The van der Waals surface area contributed by atoms with Gasteiger partial charge < -0.3 is 10.5 Å². The zero-order valence-electron chi connectivity index (χ0n) is 5.55. The van der Waals surface area contributed by atoms with Gasteiger partial charge in [-0.1, -0.05) is 0 Å². The first-order valence-corrected chi connectivity index (χ1v) is 3.64. The van der Waals surface area contributed by atoms with E-state index in [0.29, 0.717) is 5.06 Å². The molecule has 0 amide bonds. The molecule has 1 rings (SSSR count). The first-order chi connectivity index (χ1) is 4.70. The number of hydrogen-bond donors (Lipinski definition) is 2. The summed E-state index contributed by atoms with van der Waals surface area (Å²) in [6.45, 7) is 1.91. The molecule has 0 atom stereocenters. The molecule has 1 heterocycles. The Morgan fingerprint density at radius 1 is 1.80 bits per heavy atom. The van der Waals surface area contributed by atoms with Crippen LogP contribution in [0.4, 0.5) is 0 Å². The predicted octanol–water partition coefficient (Wildman–Crippen LogP) is 1.33. The Balaban J connectivity index is 2.74. The van der Waals surface area contributed by atoms with Gasteiger partial charge in [-0.05, 0) is 18.4 Å². The van der Waals surface area contributed by atoms with Crippen LogP contribution < -0.4 is 10.5 Å². The molecule has 0 aliphatic heterocycles. The molecule has 0 aromatic carbocycles. The van der Waals surface area contributed by atoms with Gasteiger partial charge in [0.1, 0.15) is 0 Å². The summed E-state index contributed by atoms with van der Waals surface area (Å²) < 4.78 is 4.86. The smallest absolute Gasteiger partial charge is 0.285 e. The molecule has 0 saturated carbocycles. The summed E-state index contributed by atoms with van der Waals surface area (Å²) in [5, 5.41) is 9.43. The number of rotatable bonds is 1. The van der Waals surface area contributed by atoms with Gasteiger partial charge >= 0.3 is 0 Å². The van der Waals surface area contributed by atoms with Crippen LogP contribution in [0.1, 0.15) is 5.56 Å². The van der Waals surface area contributed by atoms with Crippen molar-refractivity contribution in [3.63, 3.8) is 0 Å². The Kier molecular flexibility index (Phi) is 1.91. The molecule has 0 spiro atoms. The number of ether oxygens (including phenoxy) is 1. The van der Waals surface area contributed by atoms with Crippen molar-refractivity contribution >= 4 is 17.4 Å². The topological polar surface area (TPSA) is 59.1 Å². The highest BCUT2D eigenvalue weighted by atomic mass is 32.1. The van der Waals surface area contributed by atoms with Crippen molar-refractivity contribution in [2.24, 2.45) is 5.73 Å². The van der Waals surface area contributed by atoms with Gasteiger partial charge in [0.2, 0.25) is 0 Å². The van der Waals surface area contributed by atoms with Crippen LogP contribution in [0.5, 0.6) is 5.06 Å². The van der Waals surface area contributed by atoms with E-state index in [2.05, 4.69) is 0 Å². The lowest BCUT2D eigenvalue weighted by Gasteiger charge is -1.98. The van der Waals surface area contributed by atoms with Crippen molar-refractivity contribution in [2.75, 3.05) is 0 Å². The Morgan fingerprint density at radius 3 is 2.90 bits per heavy atom. The summed E-state index contributed by atoms with van der Waals surface area (Å²) in [4.78, 5) is 0. The molecule has 1 aromatic heterocycles. The third-order valence-corrected chi connectivity index (χ3v) is 1.91. The average Bonchev–Trinajstić information content (AvgIpc) is 2.15. The van der Waals surface area contributed by atoms with E-state index in [1.807, 2.05) is 18.4 Å². The standard InChI is InChI=1S/C6H8N2OS/c1-4-2-3-10-5(4)9-6(7)8/h2-3H,1H3,(H3,7,8). The zero-order chi connectivity index (χ0) is 7.56. The van der Waals surface area contributed by atoms with E-state index >= 15 is 0 Å². The van der Waals surface area contributed by atoms with Crippen molar-refractivity contribution in [2.45, 2.75) is 6.92 Å². The number of nitrogens with two attached hydrogens (primary N) is 1. The minimum atomic E-state index is -0.259. The fourth-order valence-corrected chi connectivity index (χ4v) is 1.35. The van der Waals surface area contributed by atoms with Gasteiger partial charge in [-0.3, -0.25) is 5.41 Å². The normalized spacial score (nSPS) is 9.30. The van der Waals surface area contributed by atoms with Crippen LogP contribution >= 0.6 is 11.3 Å². The average molecular weight is 156 g/mol. The van der Waals surface area contributed by atoms with Crippen LogP contribution in [0.3, 0.4) is 0 Å². The van der Waals surface area contributed by atoms with Gasteiger partial charge in [0.15, 0.2) is 5.06 Å². The molecule has 0 aliphatic carbocycles. The summed E-state index contributed by atoms with van der Waals surface area (Å²) in [5.74, 6) is 0. The molecular weight excluding hydrogens is 148 g/mol. The van der Waals surface area contributed by atoms with E-state index in [4.69, 9.17) is 15.9 Å². The predicted molar refractivity (Wildman–Crippen MR) is 41.6 cm³/mol. The molecule has 0 saturated heterocycles. The third kappa shape index (κ3) is 1.48. The van der Waals surface area contributed by atoms with Crippen LogP contribution in [-0.4, -0.2) is 6.02 Å². The Labute approximate surface area is 62.9 Å². The Morgan fingerprint density at radius 2 is 2.50 bits per heavy atom. The van der Waals surface area contributed by atoms with Gasteiger partial charge in [0.05, 0.1) is 0 Å². The minimum absolute atomic E-state index is 0.259. The quantitative estimate of drug-likeness (QED) is 0.476. The van der Waals surface area contributed by atoms with Crippen LogP contribution in [0.15, 0.2) is 11.4 Å². The van der Waals surface area contributed by atoms with Crippen molar-refractivity contribution in [1.29, 1.82) is 5.41 Å². The number of hydrogen-bond acceptors (Lipinski definition) is 3. The molecule has 0 bridgehead atoms. The first-order valence-electron chi connectivity index (χ1n) is 2.76. The summed E-state index contributed by atoms with van der Waals surface area (Å²) in [7, 11) is 0. The lowest BCUT2D eigenvalue weighted by molar-refractivity contribution is 0.548. The van der Waals surface area contributed by atoms with Gasteiger partial charge in [-0.15, -0.1) is 11.3 Å². The number of nitrogens with one attached hydrogen (secondary N) is 1. The largest absolute Gasteiger partial charge is 0.415 e. The molecule has 3 nitrogen and oxygen atoms in total. The molecule has 4 heteroatoms. The van der Waals surface area contributed by atoms with E-state index in [1.165, 1.54) is 11.3 Å². The Hall–Kier alpha value is -1.03. The van der Waals surface area contributed by atoms with Crippen molar-refractivity contribution in [1.82, 2.24) is 0 Å². The van der Waals surface area contributed by atoms with Crippen LogP contribution in [0.25, 0.3) is 0 Å². The molecule has 54 valence electrons. The Bertz CT molecular complexity index is 244. The van der Waals surface area contributed by atoms with Crippen molar-refractivity contribution < 1.29 is 4.74 Å².